The third kappa shape index (κ3) is 15.0. The van der Waals surface area contributed by atoms with E-state index in [4.69, 9.17) is 16.3 Å². The van der Waals surface area contributed by atoms with Gasteiger partial charge in [-0.3, -0.25) is 9.59 Å². The van der Waals surface area contributed by atoms with Crippen LogP contribution in [0.25, 0.3) is 0 Å². The van der Waals surface area contributed by atoms with Gasteiger partial charge in [-0.1, -0.05) is 78.1 Å². The van der Waals surface area contributed by atoms with Crippen molar-refractivity contribution in [2.45, 2.75) is 104 Å². The maximum absolute atomic E-state index is 12.3. The normalized spacial score (nSPS) is 12.1. The average Bonchev–Trinajstić information content (AvgIpc) is 2.56. The first kappa shape index (κ1) is 23.4. The summed E-state index contributed by atoms with van der Waals surface area (Å²) in [5, 5.41) is -0.366. The predicted molar refractivity (Wildman–Crippen MR) is 101 cm³/mol. The highest BCUT2D eigenvalue weighted by Crippen LogP contribution is 2.20. The fraction of sp³-hybridized carbons (Fsp3) is 0.900. The number of rotatable bonds is 17. The van der Waals surface area contributed by atoms with Crippen molar-refractivity contribution in [1.82, 2.24) is 0 Å². The van der Waals surface area contributed by atoms with Gasteiger partial charge in [0.1, 0.15) is 0 Å². The van der Waals surface area contributed by atoms with Gasteiger partial charge in [-0.2, -0.15) is 0 Å². The van der Waals surface area contributed by atoms with Crippen LogP contribution in [0.15, 0.2) is 0 Å². The molecule has 1 atom stereocenters. The summed E-state index contributed by atoms with van der Waals surface area (Å²) in [7, 11) is 0. The van der Waals surface area contributed by atoms with Crippen LogP contribution < -0.4 is 0 Å². The Morgan fingerprint density at radius 2 is 1.29 bits per heavy atom. The molecule has 0 aliphatic rings. The first-order valence-corrected chi connectivity index (χ1v) is 10.3. The van der Waals surface area contributed by atoms with Crippen molar-refractivity contribution >= 4 is 22.8 Å². The smallest absolute Gasteiger partial charge is 0.308 e. The molecule has 1 unspecified atom stereocenters. The molecule has 0 aromatic carbocycles. The van der Waals surface area contributed by atoms with E-state index in [-0.39, 0.29) is 23.6 Å². The van der Waals surface area contributed by atoms with Crippen LogP contribution in [0, 0.1) is 5.92 Å². The lowest BCUT2D eigenvalue weighted by Crippen LogP contribution is -2.19. The molecule has 0 radical (unpaired) electrons. The van der Waals surface area contributed by atoms with Gasteiger partial charge in [0, 0.05) is 6.42 Å². The lowest BCUT2D eigenvalue weighted by atomic mass is 9.94. The summed E-state index contributed by atoms with van der Waals surface area (Å²) in [6.07, 6.45) is 14.8. The van der Waals surface area contributed by atoms with Crippen LogP contribution >= 0.6 is 11.6 Å². The second kappa shape index (κ2) is 17.3. The van der Waals surface area contributed by atoms with E-state index in [1.165, 1.54) is 51.4 Å². The molecule has 24 heavy (non-hydrogen) atoms. The van der Waals surface area contributed by atoms with Gasteiger partial charge in [-0.15, -0.1) is 0 Å². The Morgan fingerprint density at radius 1 is 0.792 bits per heavy atom. The molecule has 0 rings (SSSR count). The number of ether oxygens (including phenoxy) is 1. The second-order valence-corrected chi connectivity index (χ2v) is 7.15. The predicted octanol–water partition coefficient (Wildman–Crippen LogP) is 6.41. The van der Waals surface area contributed by atoms with Gasteiger partial charge in [-0.05, 0) is 30.9 Å². The third-order valence-corrected chi connectivity index (χ3v) is 4.60. The molecule has 0 aliphatic carbocycles. The van der Waals surface area contributed by atoms with Crippen LogP contribution in [-0.4, -0.2) is 17.8 Å². The standard InChI is InChI=1S/C20H37ClO3/c1-3-5-7-9-10-12-15-18(14-11-8-6-4-2)20(23)24-17-13-16-19(21)22/h18H,3-17H2,1-2H3. The van der Waals surface area contributed by atoms with Crippen molar-refractivity contribution < 1.29 is 14.3 Å². The first-order valence-electron chi connectivity index (χ1n) is 9.96. The zero-order valence-electron chi connectivity index (χ0n) is 15.8. The quantitative estimate of drug-likeness (QED) is 0.171. The van der Waals surface area contributed by atoms with E-state index in [2.05, 4.69) is 13.8 Å². The Hall–Kier alpha value is -0.570. The molecule has 142 valence electrons. The van der Waals surface area contributed by atoms with Crippen molar-refractivity contribution in [3.05, 3.63) is 0 Å². The summed E-state index contributed by atoms with van der Waals surface area (Å²) in [6, 6.07) is 0. The van der Waals surface area contributed by atoms with Gasteiger partial charge < -0.3 is 4.74 Å². The number of carbonyl (C=O) groups is 2. The Balaban J connectivity index is 4.04. The molecule has 0 heterocycles. The number of halogens is 1. The van der Waals surface area contributed by atoms with Crippen molar-refractivity contribution in [2.75, 3.05) is 6.61 Å². The maximum atomic E-state index is 12.3. The van der Waals surface area contributed by atoms with Gasteiger partial charge in [-0.25, -0.2) is 0 Å². The monoisotopic (exact) mass is 360 g/mol. The topological polar surface area (TPSA) is 43.4 Å². The zero-order chi connectivity index (χ0) is 18.0. The van der Waals surface area contributed by atoms with E-state index in [0.717, 1.165) is 25.7 Å². The van der Waals surface area contributed by atoms with Crippen molar-refractivity contribution in [2.24, 2.45) is 5.92 Å². The third-order valence-electron chi connectivity index (χ3n) is 4.41. The van der Waals surface area contributed by atoms with E-state index < -0.39 is 0 Å². The number of unbranched alkanes of at least 4 members (excludes halogenated alkanes) is 8. The summed E-state index contributed by atoms with van der Waals surface area (Å²) < 4.78 is 5.36. The Kier molecular flexibility index (Phi) is 16.8. The van der Waals surface area contributed by atoms with Gasteiger partial charge in [0.2, 0.25) is 5.24 Å². The molecular formula is C20H37ClO3. The average molecular weight is 361 g/mol. The summed E-state index contributed by atoms with van der Waals surface area (Å²) in [6.45, 7) is 4.72. The molecule has 0 saturated heterocycles. The van der Waals surface area contributed by atoms with Crippen molar-refractivity contribution in [3.8, 4) is 0 Å². The number of hydrogen-bond donors (Lipinski definition) is 0. The molecule has 0 amide bonds. The van der Waals surface area contributed by atoms with E-state index in [9.17, 15) is 9.59 Å². The van der Waals surface area contributed by atoms with E-state index >= 15 is 0 Å². The highest BCUT2D eigenvalue weighted by Gasteiger charge is 2.19. The van der Waals surface area contributed by atoms with Gasteiger partial charge in [0.15, 0.2) is 0 Å². The molecular weight excluding hydrogens is 324 g/mol. The first-order chi connectivity index (χ1) is 11.6. The fourth-order valence-electron chi connectivity index (χ4n) is 2.87. The summed E-state index contributed by atoms with van der Waals surface area (Å²) in [5.41, 5.74) is 0. The summed E-state index contributed by atoms with van der Waals surface area (Å²) in [5.74, 6) is -0.0539. The van der Waals surface area contributed by atoms with Gasteiger partial charge in [0.05, 0.1) is 12.5 Å². The van der Waals surface area contributed by atoms with Crippen LogP contribution in [0.2, 0.25) is 0 Å². The summed E-state index contributed by atoms with van der Waals surface area (Å²) in [4.78, 5) is 23.0. The van der Waals surface area contributed by atoms with E-state index in [0.29, 0.717) is 13.0 Å². The summed E-state index contributed by atoms with van der Waals surface area (Å²) >= 11 is 5.30. The van der Waals surface area contributed by atoms with Crippen LogP contribution in [0.3, 0.4) is 0 Å². The molecule has 0 bridgehead atoms. The van der Waals surface area contributed by atoms with Crippen LogP contribution in [0.1, 0.15) is 104 Å². The molecule has 0 fully saturated rings. The van der Waals surface area contributed by atoms with Crippen LogP contribution in [0.4, 0.5) is 0 Å². The van der Waals surface area contributed by atoms with E-state index in [1.54, 1.807) is 0 Å². The Bertz CT molecular complexity index is 318. The highest BCUT2D eigenvalue weighted by atomic mass is 35.5. The molecule has 0 aliphatic heterocycles. The van der Waals surface area contributed by atoms with Gasteiger partial charge >= 0.3 is 5.97 Å². The van der Waals surface area contributed by atoms with Crippen molar-refractivity contribution in [1.29, 1.82) is 0 Å². The SMILES string of the molecule is CCCCCCCCC(CCCCCC)C(=O)OCCCC(=O)Cl. The van der Waals surface area contributed by atoms with E-state index in [1.807, 2.05) is 0 Å². The molecule has 0 aromatic heterocycles. The number of hydrogen-bond acceptors (Lipinski definition) is 3. The minimum absolute atomic E-state index is 0.0275. The molecule has 4 heteroatoms. The maximum Gasteiger partial charge on any atom is 0.308 e. The number of esters is 1. The van der Waals surface area contributed by atoms with Crippen LogP contribution in [0.5, 0.6) is 0 Å². The lowest BCUT2D eigenvalue weighted by molar-refractivity contribution is -0.149. The molecule has 3 nitrogen and oxygen atoms in total. The lowest BCUT2D eigenvalue weighted by Gasteiger charge is -2.16. The molecule has 0 saturated carbocycles. The minimum atomic E-state index is -0.366. The Labute approximate surface area is 153 Å². The highest BCUT2D eigenvalue weighted by molar-refractivity contribution is 6.63. The zero-order valence-corrected chi connectivity index (χ0v) is 16.5. The fourth-order valence-corrected chi connectivity index (χ4v) is 3.00. The van der Waals surface area contributed by atoms with Gasteiger partial charge in [0.25, 0.3) is 0 Å². The molecule has 0 aromatic rings. The second-order valence-electron chi connectivity index (χ2n) is 6.73. The number of carbonyl (C=O) groups excluding carboxylic acids is 2. The molecule has 0 spiro atoms. The molecule has 0 N–H and O–H groups in total. The van der Waals surface area contributed by atoms with Crippen LogP contribution in [-0.2, 0) is 14.3 Å². The Morgan fingerprint density at radius 3 is 1.83 bits per heavy atom. The van der Waals surface area contributed by atoms with Crippen molar-refractivity contribution in [3.63, 3.8) is 0 Å². The minimum Gasteiger partial charge on any atom is -0.465 e. The largest absolute Gasteiger partial charge is 0.465 e.